The van der Waals surface area contributed by atoms with Gasteiger partial charge in [-0.1, -0.05) is 11.6 Å². The highest BCUT2D eigenvalue weighted by atomic mass is 35.5. The summed E-state index contributed by atoms with van der Waals surface area (Å²) in [6.07, 6.45) is -0.582. The van der Waals surface area contributed by atoms with Crippen molar-refractivity contribution in [2.75, 3.05) is 25.1 Å². The molecule has 0 amide bonds. The van der Waals surface area contributed by atoms with Crippen LogP contribution < -0.4 is 5.32 Å². The number of hydrogen-bond donors (Lipinski definition) is 2. The highest BCUT2D eigenvalue weighted by Gasteiger charge is 2.06. The lowest BCUT2D eigenvalue weighted by Gasteiger charge is -2.13. The molecule has 0 aliphatic rings. The molecule has 4 nitrogen and oxygen atoms in total. The molecule has 0 saturated heterocycles. The van der Waals surface area contributed by atoms with Crippen LogP contribution in [-0.4, -0.2) is 31.0 Å². The first-order valence-corrected chi connectivity index (χ1v) is 5.74. The molecule has 0 aliphatic heterocycles. The average molecular weight is 255 g/mol. The number of ether oxygens (including phenoxy) is 1. The number of hydrogen-bond acceptors (Lipinski definition) is 4. The Morgan fingerprint density at radius 1 is 1.59 bits per heavy atom. The van der Waals surface area contributed by atoms with Gasteiger partial charge in [0.15, 0.2) is 0 Å². The average Bonchev–Trinajstić information content (AvgIpc) is 2.34. The molecular formula is C12H15ClN2O2. The summed E-state index contributed by atoms with van der Waals surface area (Å²) in [6, 6.07) is 6.97. The molecule has 0 spiro atoms. The fourth-order valence-corrected chi connectivity index (χ4v) is 1.52. The molecule has 1 atom stereocenters. The van der Waals surface area contributed by atoms with Crippen molar-refractivity contribution in [3.05, 3.63) is 28.8 Å². The van der Waals surface area contributed by atoms with Gasteiger partial charge in [-0.3, -0.25) is 0 Å². The Morgan fingerprint density at radius 2 is 2.35 bits per heavy atom. The second-order valence-electron chi connectivity index (χ2n) is 3.50. The summed E-state index contributed by atoms with van der Waals surface area (Å²) in [7, 11) is 0. The monoisotopic (exact) mass is 254 g/mol. The molecule has 1 aromatic carbocycles. The van der Waals surface area contributed by atoms with Gasteiger partial charge in [0.2, 0.25) is 0 Å². The topological polar surface area (TPSA) is 65.3 Å². The van der Waals surface area contributed by atoms with E-state index >= 15 is 0 Å². The summed E-state index contributed by atoms with van der Waals surface area (Å²) in [6.45, 7) is 3.09. The van der Waals surface area contributed by atoms with Crippen molar-refractivity contribution in [2.45, 2.75) is 13.0 Å². The summed E-state index contributed by atoms with van der Waals surface area (Å²) >= 11 is 5.97. The Hall–Kier alpha value is -1.28. The fraction of sp³-hybridized carbons (Fsp3) is 0.417. The number of nitriles is 1. The normalized spacial score (nSPS) is 11.9. The van der Waals surface area contributed by atoms with Gasteiger partial charge in [0.05, 0.1) is 35.1 Å². The van der Waals surface area contributed by atoms with E-state index in [4.69, 9.17) is 21.6 Å². The van der Waals surface area contributed by atoms with Crippen LogP contribution in [0.1, 0.15) is 12.5 Å². The summed E-state index contributed by atoms with van der Waals surface area (Å²) in [4.78, 5) is 0. The van der Waals surface area contributed by atoms with E-state index in [2.05, 4.69) is 5.32 Å². The third-order valence-electron chi connectivity index (χ3n) is 2.14. The second-order valence-corrected chi connectivity index (χ2v) is 3.91. The molecule has 1 rings (SSSR count). The number of anilines is 1. The minimum absolute atomic E-state index is 0.289. The molecule has 0 radical (unpaired) electrons. The molecule has 0 heterocycles. The van der Waals surface area contributed by atoms with E-state index in [1.54, 1.807) is 18.2 Å². The zero-order valence-electron chi connectivity index (χ0n) is 9.61. The number of benzene rings is 1. The highest BCUT2D eigenvalue weighted by molar-refractivity contribution is 6.33. The number of rotatable bonds is 6. The van der Waals surface area contributed by atoms with E-state index in [1.165, 1.54) is 0 Å². The Labute approximate surface area is 106 Å². The van der Waals surface area contributed by atoms with Gasteiger partial charge in [-0.15, -0.1) is 0 Å². The Morgan fingerprint density at radius 3 is 2.94 bits per heavy atom. The number of aliphatic hydroxyl groups is 1. The van der Waals surface area contributed by atoms with Crippen molar-refractivity contribution >= 4 is 17.3 Å². The van der Waals surface area contributed by atoms with Crippen LogP contribution in [0.25, 0.3) is 0 Å². The van der Waals surface area contributed by atoms with Crippen molar-refractivity contribution in [2.24, 2.45) is 0 Å². The Bertz CT molecular complexity index is 404. The first kappa shape index (κ1) is 13.8. The van der Waals surface area contributed by atoms with Crippen LogP contribution in [0.4, 0.5) is 5.69 Å². The third-order valence-corrected chi connectivity index (χ3v) is 2.45. The van der Waals surface area contributed by atoms with Crippen LogP contribution in [-0.2, 0) is 4.74 Å². The van der Waals surface area contributed by atoms with E-state index in [-0.39, 0.29) is 6.61 Å². The molecule has 1 aromatic rings. The van der Waals surface area contributed by atoms with Gasteiger partial charge in [-0.25, -0.2) is 0 Å². The fourth-order valence-electron chi connectivity index (χ4n) is 1.27. The zero-order chi connectivity index (χ0) is 12.7. The van der Waals surface area contributed by atoms with Crippen LogP contribution in [0.15, 0.2) is 18.2 Å². The first-order valence-electron chi connectivity index (χ1n) is 5.36. The second kappa shape index (κ2) is 7.13. The van der Waals surface area contributed by atoms with Gasteiger partial charge in [0.1, 0.15) is 0 Å². The van der Waals surface area contributed by atoms with Crippen molar-refractivity contribution in [1.82, 2.24) is 0 Å². The van der Waals surface area contributed by atoms with Crippen LogP contribution in [0.5, 0.6) is 0 Å². The van der Waals surface area contributed by atoms with Gasteiger partial charge in [0, 0.05) is 13.2 Å². The van der Waals surface area contributed by atoms with Crippen molar-refractivity contribution in [3.8, 4) is 6.07 Å². The summed E-state index contributed by atoms with van der Waals surface area (Å²) in [5.41, 5.74) is 1.21. The molecule has 0 fully saturated rings. The number of nitrogens with zero attached hydrogens (tertiary/aromatic N) is 1. The van der Waals surface area contributed by atoms with E-state index < -0.39 is 6.10 Å². The summed E-state index contributed by atoms with van der Waals surface area (Å²) in [5.74, 6) is 0. The molecule has 17 heavy (non-hydrogen) atoms. The van der Waals surface area contributed by atoms with Gasteiger partial charge >= 0.3 is 0 Å². The molecule has 2 N–H and O–H groups in total. The molecule has 0 aromatic heterocycles. The molecule has 0 aliphatic carbocycles. The van der Waals surface area contributed by atoms with E-state index in [0.29, 0.717) is 29.4 Å². The largest absolute Gasteiger partial charge is 0.389 e. The van der Waals surface area contributed by atoms with Crippen molar-refractivity contribution in [3.63, 3.8) is 0 Å². The molecule has 0 saturated carbocycles. The molecule has 92 valence electrons. The van der Waals surface area contributed by atoms with Crippen LogP contribution in [0, 0.1) is 11.3 Å². The smallest absolute Gasteiger partial charge is 0.0992 e. The molecule has 5 heteroatoms. The summed E-state index contributed by atoms with van der Waals surface area (Å²) in [5, 5.41) is 21.7. The lowest BCUT2D eigenvalue weighted by atomic mass is 10.2. The SMILES string of the molecule is CCOCC(O)CNc1ccc(C#N)cc1Cl. The van der Waals surface area contributed by atoms with Crippen LogP contribution in [0.2, 0.25) is 5.02 Å². The lowest BCUT2D eigenvalue weighted by molar-refractivity contribution is 0.0496. The lowest BCUT2D eigenvalue weighted by Crippen LogP contribution is -2.24. The maximum Gasteiger partial charge on any atom is 0.0992 e. The molecule has 1 unspecified atom stereocenters. The standard InChI is InChI=1S/C12H15ClN2O2/c1-2-17-8-10(16)7-15-12-4-3-9(6-14)5-11(12)13/h3-5,10,15-16H,2,7-8H2,1H3. The predicted molar refractivity (Wildman–Crippen MR) is 67.2 cm³/mol. The quantitative estimate of drug-likeness (QED) is 0.815. The van der Waals surface area contributed by atoms with E-state index in [9.17, 15) is 5.11 Å². The predicted octanol–water partition coefficient (Wildman–Crippen LogP) is 2.02. The maximum absolute atomic E-state index is 9.55. The Balaban J connectivity index is 2.49. The minimum Gasteiger partial charge on any atom is -0.389 e. The van der Waals surface area contributed by atoms with Gasteiger partial charge in [-0.05, 0) is 25.1 Å². The van der Waals surface area contributed by atoms with Gasteiger partial charge in [-0.2, -0.15) is 5.26 Å². The van der Waals surface area contributed by atoms with Gasteiger partial charge in [0.25, 0.3) is 0 Å². The molecule has 0 bridgehead atoms. The minimum atomic E-state index is -0.582. The van der Waals surface area contributed by atoms with Crippen LogP contribution >= 0.6 is 11.6 Å². The number of halogens is 1. The molecular weight excluding hydrogens is 240 g/mol. The number of nitrogens with one attached hydrogen (secondary N) is 1. The van der Waals surface area contributed by atoms with Crippen molar-refractivity contribution < 1.29 is 9.84 Å². The third kappa shape index (κ3) is 4.61. The van der Waals surface area contributed by atoms with Gasteiger partial charge < -0.3 is 15.2 Å². The number of aliphatic hydroxyl groups excluding tert-OH is 1. The highest BCUT2D eigenvalue weighted by Crippen LogP contribution is 2.22. The van der Waals surface area contributed by atoms with E-state index in [0.717, 1.165) is 0 Å². The van der Waals surface area contributed by atoms with E-state index in [1.807, 2.05) is 13.0 Å². The van der Waals surface area contributed by atoms with Crippen molar-refractivity contribution in [1.29, 1.82) is 5.26 Å². The maximum atomic E-state index is 9.55. The summed E-state index contributed by atoms with van der Waals surface area (Å²) < 4.78 is 5.08. The van der Waals surface area contributed by atoms with Crippen LogP contribution in [0.3, 0.4) is 0 Å². The zero-order valence-corrected chi connectivity index (χ0v) is 10.4. The first-order chi connectivity index (χ1) is 8.17. The Kier molecular flexibility index (Phi) is 5.78.